The molecule has 0 saturated carbocycles. The molecule has 0 bridgehead atoms. The van der Waals surface area contributed by atoms with Crippen molar-refractivity contribution in [2.24, 2.45) is 5.73 Å². The molecule has 1 heterocycles. The third-order valence-corrected chi connectivity index (χ3v) is 3.50. The van der Waals surface area contributed by atoms with Gasteiger partial charge in [0.1, 0.15) is 5.84 Å². The van der Waals surface area contributed by atoms with E-state index in [1.54, 1.807) is 13.8 Å². The van der Waals surface area contributed by atoms with Gasteiger partial charge in [0, 0.05) is 11.3 Å². The number of aryl methyl sites for hydroxylation is 1. The van der Waals surface area contributed by atoms with Crippen LogP contribution >= 0.6 is 0 Å². The van der Waals surface area contributed by atoms with Crippen LogP contribution in [0.2, 0.25) is 0 Å². The predicted molar refractivity (Wildman–Crippen MR) is 73.8 cm³/mol. The fourth-order valence-corrected chi connectivity index (χ4v) is 2.11. The van der Waals surface area contributed by atoms with E-state index in [-0.39, 0.29) is 5.56 Å². The molecule has 0 atom stereocenters. The van der Waals surface area contributed by atoms with Crippen LogP contribution in [0.1, 0.15) is 28.1 Å². The highest BCUT2D eigenvalue weighted by molar-refractivity contribution is 5.96. The third kappa shape index (κ3) is 2.63. The maximum Gasteiger partial charge on any atom is 0.417 e. The number of halogens is 3. The molecule has 0 amide bonds. The van der Waals surface area contributed by atoms with Crippen LogP contribution in [0, 0.1) is 26.2 Å². The Morgan fingerprint density at radius 1 is 1.24 bits per heavy atom. The van der Waals surface area contributed by atoms with Crippen LogP contribution in [0.15, 0.2) is 18.2 Å². The van der Waals surface area contributed by atoms with Gasteiger partial charge in [0.05, 0.1) is 16.9 Å². The first-order valence-electron chi connectivity index (χ1n) is 6.21. The van der Waals surface area contributed by atoms with E-state index in [4.69, 9.17) is 11.1 Å². The van der Waals surface area contributed by atoms with Crippen LogP contribution in [-0.2, 0) is 6.18 Å². The molecule has 1 aromatic carbocycles. The first-order valence-corrected chi connectivity index (χ1v) is 6.21. The maximum atomic E-state index is 13.1. The lowest BCUT2D eigenvalue weighted by atomic mass is 10.0. The highest BCUT2D eigenvalue weighted by Crippen LogP contribution is 2.33. The Labute approximate surface area is 119 Å². The number of hydrogen-bond donors (Lipinski definition) is 2. The molecule has 2 aromatic rings. The van der Waals surface area contributed by atoms with Gasteiger partial charge in [0.15, 0.2) is 0 Å². The van der Waals surface area contributed by atoms with E-state index in [9.17, 15) is 13.2 Å². The van der Waals surface area contributed by atoms with Gasteiger partial charge in [-0.1, -0.05) is 0 Å². The summed E-state index contributed by atoms with van der Waals surface area (Å²) in [6.07, 6.45) is -4.58. The molecule has 4 nitrogen and oxygen atoms in total. The summed E-state index contributed by atoms with van der Waals surface area (Å²) in [7, 11) is 0. The molecular formula is C14H15F3N4. The van der Waals surface area contributed by atoms with Gasteiger partial charge in [-0.05, 0) is 44.5 Å². The van der Waals surface area contributed by atoms with Crippen molar-refractivity contribution in [3.05, 3.63) is 46.3 Å². The van der Waals surface area contributed by atoms with Gasteiger partial charge in [-0.2, -0.15) is 18.3 Å². The number of hydrogen-bond acceptors (Lipinski definition) is 2. The molecule has 0 unspecified atom stereocenters. The van der Waals surface area contributed by atoms with E-state index in [2.05, 4.69) is 5.10 Å². The van der Waals surface area contributed by atoms with Gasteiger partial charge in [-0.25, -0.2) is 4.68 Å². The van der Waals surface area contributed by atoms with E-state index < -0.39 is 17.6 Å². The lowest BCUT2D eigenvalue weighted by Gasteiger charge is -2.14. The Bertz CT molecular complexity index is 714. The lowest BCUT2D eigenvalue weighted by Crippen LogP contribution is -2.19. The largest absolute Gasteiger partial charge is 0.417 e. The number of nitrogens with two attached hydrogens (primary N) is 1. The molecule has 112 valence electrons. The zero-order chi connectivity index (χ0) is 15.9. The Hall–Kier alpha value is -2.31. The second-order valence-electron chi connectivity index (χ2n) is 4.85. The highest BCUT2D eigenvalue weighted by Gasteiger charge is 2.34. The molecule has 0 aliphatic rings. The molecule has 0 radical (unpaired) electrons. The number of amidine groups is 1. The first-order chi connectivity index (χ1) is 9.62. The Morgan fingerprint density at radius 2 is 1.86 bits per heavy atom. The second-order valence-corrected chi connectivity index (χ2v) is 4.85. The summed E-state index contributed by atoms with van der Waals surface area (Å²) in [4.78, 5) is 0. The number of rotatable bonds is 2. The monoisotopic (exact) mass is 296 g/mol. The maximum absolute atomic E-state index is 13.1. The van der Waals surface area contributed by atoms with Gasteiger partial charge < -0.3 is 5.73 Å². The van der Waals surface area contributed by atoms with Crippen molar-refractivity contribution in [3.63, 3.8) is 0 Å². The SMILES string of the molecule is Cc1nn(-c2ccc(C(=N)N)c(C(F)(F)F)c2)c(C)c1C. The first kappa shape index (κ1) is 15.1. The van der Waals surface area contributed by atoms with Crippen LogP contribution in [0.5, 0.6) is 0 Å². The van der Waals surface area contributed by atoms with Gasteiger partial charge in [0.2, 0.25) is 0 Å². The Morgan fingerprint density at radius 3 is 2.29 bits per heavy atom. The number of benzene rings is 1. The average Bonchev–Trinajstić information content (AvgIpc) is 2.65. The summed E-state index contributed by atoms with van der Waals surface area (Å²) >= 11 is 0. The van der Waals surface area contributed by atoms with Crippen molar-refractivity contribution >= 4 is 5.84 Å². The van der Waals surface area contributed by atoms with Crippen molar-refractivity contribution in [3.8, 4) is 5.69 Å². The van der Waals surface area contributed by atoms with Crippen LogP contribution in [-0.4, -0.2) is 15.6 Å². The Balaban J connectivity index is 2.67. The molecule has 0 aliphatic heterocycles. The number of nitrogens with zero attached hydrogens (tertiary/aromatic N) is 2. The van der Waals surface area contributed by atoms with Crippen LogP contribution in [0.25, 0.3) is 5.69 Å². The minimum absolute atomic E-state index is 0.293. The molecule has 0 fully saturated rings. The van der Waals surface area contributed by atoms with E-state index in [0.717, 1.165) is 23.0 Å². The summed E-state index contributed by atoms with van der Waals surface area (Å²) in [6, 6.07) is 3.65. The van der Waals surface area contributed by atoms with E-state index >= 15 is 0 Å². The molecule has 0 spiro atoms. The molecule has 1 aromatic heterocycles. The van der Waals surface area contributed by atoms with Crippen LogP contribution in [0.3, 0.4) is 0 Å². The van der Waals surface area contributed by atoms with Gasteiger partial charge in [-0.3, -0.25) is 5.41 Å². The highest BCUT2D eigenvalue weighted by atomic mass is 19.4. The van der Waals surface area contributed by atoms with Gasteiger partial charge in [0.25, 0.3) is 0 Å². The van der Waals surface area contributed by atoms with Crippen molar-refractivity contribution in [1.29, 1.82) is 5.41 Å². The second kappa shape index (κ2) is 4.91. The number of aromatic nitrogens is 2. The summed E-state index contributed by atoms with van der Waals surface area (Å²) in [6.45, 7) is 5.46. The topological polar surface area (TPSA) is 67.7 Å². The summed E-state index contributed by atoms with van der Waals surface area (Å²) in [5.74, 6) is -0.613. The van der Waals surface area contributed by atoms with E-state index in [1.807, 2.05) is 6.92 Å². The van der Waals surface area contributed by atoms with E-state index in [0.29, 0.717) is 5.69 Å². The number of nitrogen functional groups attached to an aromatic ring is 1. The average molecular weight is 296 g/mol. The molecule has 2 rings (SSSR count). The van der Waals surface area contributed by atoms with Crippen LogP contribution in [0.4, 0.5) is 13.2 Å². The predicted octanol–water partition coefficient (Wildman–Crippen LogP) is 3.10. The lowest BCUT2D eigenvalue weighted by molar-refractivity contribution is -0.137. The fraction of sp³-hybridized carbons (Fsp3) is 0.286. The van der Waals surface area contributed by atoms with Crippen molar-refractivity contribution in [2.75, 3.05) is 0 Å². The van der Waals surface area contributed by atoms with Crippen molar-refractivity contribution < 1.29 is 13.2 Å². The minimum atomic E-state index is -4.58. The molecule has 21 heavy (non-hydrogen) atoms. The molecule has 3 N–H and O–H groups in total. The number of alkyl halides is 3. The van der Waals surface area contributed by atoms with Crippen molar-refractivity contribution in [1.82, 2.24) is 9.78 Å². The Kier molecular flexibility index (Phi) is 3.52. The molecular weight excluding hydrogens is 281 g/mol. The zero-order valence-corrected chi connectivity index (χ0v) is 11.8. The molecule has 7 heteroatoms. The van der Waals surface area contributed by atoms with Gasteiger partial charge in [-0.15, -0.1) is 0 Å². The van der Waals surface area contributed by atoms with E-state index in [1.165, 1.54) is 16.8 Å². The summed E-state index contributed by atoms with van der Waals surface area (Å²) < 4.78 is 40.8. The number of nitrogens with one attached hydrogen (secondary N) is 1. The quantitative estimate of drug-likeness (QED) is 0.660. The summed E-state index contributed by atoms with van der Waals surface area (Å²) in [5.41, 5.74) is 6.71. The third-order valence-electron chi connectivity index (χ3n) is 3.50. The standard InChI is InChI=1S/C14H15F3N4/c1-7-8(2)20-21(9(7)3)10-4-5-11(13(18)19)12(6-10)14(15,16)17/h4-6H,1-3H3,(H3,18,19). The molecule has 0 saturated heterocycles. The van der Waals surface area contributed by atoms with Crippen LogP contribution < -0.4 is 5.73 Å². The normalized spacial score (nSPS) is 11.7. The molecule has 0 aliphatic carbocycles. The summed E-state index contributed by atoms with van der Waals surface area (Å²) in [5, 5.41) is 11.5. The smallest absolute Gasteiger partial charge is 0.384 e. The van der Waals surface area contributed by atoms with Gasteiger partial charge >= 0.3 is 6.18 Å². The zero-order valence-electron chi connectivity index (χ0n) is 11.8. The van der Waals surface area contributed by atoms with Crippen molar-refractivity contribution in [2.45, 2.75) is 26.9 Å². The minimum Gasteiger partial charge on any atom is -0.384 e. The fourth-order valence-electron chi connectivity index (χ4n) is 2.11.